The van der Waals surface area contributed by atoms with Crippen molar-refractivity contribution >= 4 is 28.9 Å². The van der Waals surface area contributed by atoms with Gasteiger partial charge in [-0.05, 0) is 34.0 Å². The summed E-state index contributed by atoms with van der Waals surface area (Å²) in [5, 5.41) is 14.4. The van der Waals surface area contributed by atoms with E-state index in [1.54, 1.807) is 35.3 Å². The lowest BCUT2D eigenvalue weighted by Gasteiger charge is -2.07. The lowest BCUT2D eigenvalue weighted by Crippen LogP contribution is -2.08. The van der Waals surface area contributed by atoms with Gasteiger partial charge in [0.05, 0.1) is 25.0 Å². The van der Waals surface area contributed by atoms with Crippen LogP contribution < -0.4 is 4.74 Å². The first-order chi connectivity index (χ1) is 11.8. The number of carbonyl (C=O) groups is 1. The average Bonchev–Trinajstić information content (AvgIpc) is 3.29. The molecule has 3 aromatic rings. The summed E-state index contributed by atoms with van der Waals surface area (Å²) in [6.07, 6.45) is 0.872. The van der Waals surface area contributed by atoms with E-state index in [2.05, 4.69) is 27.0 Å². The van der Waals surface area contributed by atoms with Gasteiger partial charge in [0.1, 0.15) is 5.75 Å². The van der Waals surface area contributed by atoms with Gasteiger partial charge in [0, 0.05) is 11.3 Å². The molecule has 0 radical (unpaired) electrons. The molecular formula is C16H16N4O2S2. The molecule has 0 fully saturated rings. The Bertz CT molecular complexity index is 802. The minimum Gasteiger partial charge on any atom is -0.496 e. The first kappa shape index (κ1) is 16.7. The third-order valence-corrected chi connectivity index (χ3v) is 5.28. The Balaban J connectivity index is 1.60. The van der Waals surface area contributed by atoms with Crippen LogP contribution in [0, 0.1) is 0 Å². The first-order valence-corrected chi connectivity index (χ1v) is 9.22. The van der Waals surface area contributed by atoms with E-state index in [0.717, 1.165) is 6.42 Å². The number of para-hydroxylation sites is 1. The van der Waals surface area contributed by atoms with Crippen LogP contribution in [0.25, 0.3) is 0 Å². The van der Waals surface area contributed by atoms with Crippen molar-refractivity contribution in [3.05, 3.63) is 52.2 Å². The first-order valence-electron chi connectivity index (χ1n) is 7.35. The molecule has 6 nitrogen and oxygen atoms in total. The normalized spacial score (nSPS) is 10.7. The van der Waals surface area contributed by atoms with Gasteiger partial charge in [0.15, 0.2) is 5.78 Å². The minimum absolute atomic E-state index is 0.00902. The number of aromatic nitrogens is 4. The topological polar surface area (TPSA) is 69.9 Å². The Kier molecular flexibility index (Phi) is 5.60. The van der Waals surface area contributed by atoms with Gasteiger partial charge in [0.25, 0.3) is 0 Å². The number of ketones is 1. The quantitative estimate of drug-likeness (QED) is 0.454. The summed E-state index contributed by atoms with van der Waals surface area (Å²) >= 11 is 3.05. The van der Waals surface area contributed by atoms with Crippen LogP contribution in [-0.4, -0.2) is 38.9 Å². The molecule has 0 spiro atoms. The number of hydrogen-bond donors (Lipinski definition) is 0. The highest BCUT2D eigenvalue weighted by Gasteiger charge is 2.14. The van der Waals surface area contributed by atoms with Crippen molar-refractivity contribution in [2.75, 3.05) is 12.9 Å². The Labute approximate surface area is 147 Å². The highest BCUT2D eigenvalue weighted by atomic mass is 32.2. The van der Waals surface area contributed by atoms with E-state index in [1.165, 1.54) is 16.6 Å². The maximum Gasteiger partial charge on any atom is 0.209 e. The second-order valence-corrected chi connectivity index (χ2v) is 6.90. The number of nitrogens with zero attached hydrogens (tertiary/aromatic N) is 4. The van der Waals surface area contributed by atoms with Gasteiger partial charge in [-0.1, -0.05) is 30.0 Å². The number of thiophene rings is 1. The third kappa shape index (κ3) is 4.01. The lowest BCUT2D eigenvalue weighted by molar-refractivity contribution is 0.101. The number of hydrogen-bond acceptors (Lipinski definition) is 7. The number of benzene rings is 1. The number of ether oxygens (including phenoxy) is 1. The van der Waals surface area contributed by atoms with Gasteiger partial charge >= 0.3 is 0 Å². The van der Waals surface area contributed by atoms with Crippen molar-refractivity contribution in [3.63, 3.8) is 0 Å². The summed E-state index contributed by atoms with van der Waals surface area (Å²) < 4.78 is 6.97. The van der Waals surface area contributed by atoms with Crippen LogP contribution in [0.15, 0.2) is 46.9 Å². The van der Waals surface area contributed by atoms with E-state index >= 15 is 0 Å². The van der Waals surface area contributed by atoms with E-state index in [0.29, 0.717) is 23.0 Å². The molecule has 1 aromatic carbocycles. The zero-order valence-corrected chi connectivity index (χ0v) is 14.7. The molecule has 0 saturated heterocycles. The van der Waals surface area contributed by atoms with Gasteiger partial charge in [-0.25, -0.2) is 4.68 Å². The van der Waals surface area contributed by atoms with Gasteiger partial charge in [-0.15, -0.1) is 16.4 Å². The van der Waals surface area contributed by atoms with E-state index < -0.39 is 0 Å². The maximum atomic E-state index is 12.4. The number of tetrazole rings is 1. The minimum atomic E-state index is -0.00902. The number of thioether (sulfide) groups is 1. The smallest absolute Gasteiger partial charge is 0.209 e. The van der Waals surface area contributed by atoms with E-state index in [4.69, 9.17) is 4.74 Å². The highest BCUT2D eigenvalue weighted by Crippen LogP contribution is 2.22. The van der Waals surface area contributed by atoms with Crippen molar-refractivity contribution < 1.29 is 9.53 Å². The number of Topliss-reactive ketones (excluding diaryl/α,β-unsaturated/α-hetero) is 1. The summed E-state index contributed by atoms with van der Waals surface area (Å²) in [5.41, 5.74) is 0.574. The van der Waals surface area contributed by atoms with Crippen LogP contribution in [0.4, 0.5) is 0 Å². The lowest BCUT2D eigenvalue weighted by atomic mass is 10.1. The maximum absolute atomic E-state index is 12.4. The van der Waals surface area contributed by atoms with Crippen molar-refractivity contribution in [2.45, 2.75) is 18.1 Å². The summed E-state index contributed by atoms with van der Waals surface area (Å²) in [5.74, 6) is 0.838. The summed E-state index contributed by atoms with van der Waals surface area (Å²) in [4.78, 5) is 13.7. The van der Waals surface area contributed by atoms with Crippen molar-refractivity contribution in [2.24, 2.45) is 0 Å². The molecule has 124 valence electrons. The number of aryl methyl sites for hydroxylation is 2. The molecule has 0 aliphatic rings. The largest absolute Gasteiger partial charge is 0.496 e. The summed E-state index contributed by atoms with van der Waals surface area (Å²) in [7, 11) is 1.56. The fourth-order valence-electron chi connectivity index (χ4n) is 2.19. The van der Waals surface area contributed by atoms with Gasteiger partial charge in [-0.2, -0.15) is 0 Å². The summed E-state index contributed by atoms with van der Waals surface area (Å²) in [6, 6.07) is 11.3. The van der Waals surface area contributed by atoms with Crippen LogP contribution in [0.1, 0.15) is 15.2 Å². The average molecular weight is 360 g/mol. The Hall–Kier alpha value is -2.19. The molecule has 0 aliphatic carbocycles. The molecular weight excluding hydrogens is 344 g/mol. The predicted octanol–water partition coefficient (Wildman–Crippen LogP) is 2.96. The SMILES string of the molecule is COc1ccccc1C(=O)CSc1nnnn1CCc1cccs1. The van der Waals surface area contributed by atoms with Crippen LogP contribution in [0.3, 0.4) is 0 Å². The van der Waals surface area contributed by atoms with Crippen LogP contribution in [0.2, 0.25) is 0 Å². The molecule has 0 atom stereocenters. The van der Waals surface area contributed by atoms with Crippen LogP contribution in [-0.2, 0) is 13.0 Å². The van der Waals surface area contributed by atoms with Crippen LogP contribution >= 0.6 is 23.1 Å². The van der Waals surface area contributed by atoms with Gasteiger partial charge in [0.2, 0.25) is 5.16 Å². The Morgan fingerprint density at radius 1 is 1.29 bits per heavy atom. The molecule has 24 heavy (non-hydrogen) atoms. The molecule has 2 aromatic heterocycles. The van der Waals surface area contributed by atoms with Crippen LogP contribution in [0.5, 0.6) is 5.75 Å². The molecule has 0 saturated carbocycles. The highest BCUT2D eigenvalue weighted by molar-refractivity contribution is 7.99. The Morgan fingerprint density at radius 2 is 2.17 bits per heavy atom. The van der Waals surface area contributed by atoms with E-state index in [9.17, 15) is 4.79 Å². The number of rotatable bonds is 8. The molecule has 8 heteroatoms. The van der Waals surface area contributed by atoms with Crippen molar-refractivity contribution in [1.82, 2.24) is 20.2 Å². The van der Waals surface area contributed by atoms with Crippen molar-refractivity contribution in [3.8, 4) is 5.75 Å². The number of carbonyl (C=O) groups excluding carboxylic acids is 1. The zero-order valence-electron chi connectivity index (χ0n) is 13.1. The number of methoxy groups -OCH3 is 1. The van der Waals surface area contributed by atoms with Gasteiger partial charge < -0.3 is 4.74 Å². The summed E-state index contributed by atoms with van der Waals surface area (Å²) in [6.45, 7) is 0.693. The van der Waals surface area contributed by atoms with Crippen molar-refractivity contribution in [1.29, 1.82) is 0 Å². The van der Waals surface area contributed by atoms with E-state index in [1.807, 2.05) is 18.2 Å². The fraction of sp³-hybridized carbons (Fsp3) is 0.250. The van der Waals surface area contributed by atoms with E-state index in [-0.39, 0.29) is 11.5 Å². The molecule has 3 rings (SSSR count). The molecule has 0 aliphatic heterocycles. The molecule has 0 amide bonds. The second-order valence-electron chi connectivity index (χ2n) is 4.93. The zero-order chi connectivity index (χ0) is 16.8. The predicted molar refractivity (Wildman–Crippen MR) is 93.9 cm³/mol. The second kappa shape index (κ2) is 8.07. The monoisotopic (exact) mass is 360 g/mol. The fourth-order valence-corrected chi connectivity index (χ4v) is 3.68. The Morgan fingerprint density at radius 3 is 2.96 bits per heavy atom. The van der Waals surface area contributed by atoms with Gasteiger partial charge in [-0.3, -0.25) is 4.79 Å². The molecule has 0 N–H and O–H groups in total. The molecule has 0 unspecified atom stereocenters. The standard InChI is InChI=1S/C16H16N4O2S2/c1-22-15-7-3-2-6-13(15)14(21)11-24-16-17-18-19-20(16)9-8-12-5-4-10-23-12/h2-7,10H,8-9,11H2,1H3. The molecule has 2 heterocycles. The third-order valence-electron chi connectivity index (χ3n) is 3.39. The molecule has 0 bridgehead atoms.